The number of nitrogens with one attached hydrogen (secondary N) is 1. The van der Waals surface area contributed by atoms with Crippen LogP contribution in [0.3, 0.4) is 0 Å². The first-order valence-corrected chi connectivity index (χ1v) is 7.82. The summed E-state index contributed by atoms with van der Waals surface area (Å²) in [7, 11) is 2.98. The fraction of sp³-hybridized carbons (Fsp3) is 0.222. The zero-order chi connectivity index (χ0) is 18.4. The molecule has 132 valence electrons. The topological polar surface area (TPSA) is 73.9 Å². The molecule has 1 unspecified atom stereocenters. The van der Waals surface area contributed by atoms with E-state index in [0.29, 0.717) is 27.8 Å². The van der Waals surface area contributed by atoms with E-state index in [9.17, 15) is 9.59 Å². The number of hydrogen-bond acceptors (Lipinski definition) is 5. The molecule has 7 heteroatoms. The number of amides is 1. The zero-order valence-electron chi connectivity index (χ0n) is 14.0. The van der Waals surface area contributed by atoms with Gasteiger partial charge in [0.15, 0.2) is 6.10 Å². The van der Waals surface area contributed by atoms with E-state index in [2.05, 4.69) is 5.32 Å². The molecule has 0 aromatic heterocycles. The van der Waals surface area contributed by atoms with Crippen LogP contribution in [0.2, 0.25) is 5.02 Å². The fourth-order valence-corrected chi connectivity index (χ4v) is 2.22. The van der Waals surface area contributed by atoms with E-state index >= 15 is 0 Å². The molecule has 0 saturated carbocycles. The Labute approximate surface area is 150 Å². The van der Waals surface area contributed by atoms with Gasteiger partial charge in [-0.1, -0.05) is 17.7 Å². The minimum atomic E-state index is -1.01. The van der Waals surface area contributed by atoms with Crippen LogP contribution in [-0.4, -0.2) is 32.2 Å². The molecule has 0 aliphatic heterocycles. The van der Waals surface area contributed by atoms with Crippen molar-refractivity contribution in [2.24, 2.45) is 0 Å². The predicted octanol–water partition coefficient (Wildman–Crippen LogP) is 3.54. The number of anilines is 1. The second-order valence-electron chi connectivity index (χ2n) is 5.11. The van der Waals surface area contributed by atoms with Gasteiger partial charge in [-0.15, -0.1) is 0 Å². The first-order chi connectivity index (χ1) is 11.9. The summed E-state index contributed by atoms with van der Waals surface area (Å²) in [4.78, 5) is 24.4. The van der Waals surface area contributed by atoms with Gasteiger partial charge in [0.2, 0.25) is 0 Å². The molecule has 0 spiro atoms. The molecule has 1 amide bonds. The molecule has 2 aromatic carbocycles. The molecule has 0 fully saturated rings. The van der Waals surface area contributed by atoms with Crippen molar-refractivity contribution in [2.45, 2.75) is 13.0 Å². The van der Waals surface area contributed by atoms with E-state index in [1.807, 2.05) is 0 Å². The first-order valence-electron chi connectivity index (χ1n) is 7.44. The Kier molecular flexibility index (Phi) is 6.25. The minimum absolute atomic E-state index is 0.291. The smallest absolute Gasteiger partial charge is 0.339 e. The number of carbonyl (C=O) groups excluding carboxylic acids is 2. The second-order valence-corrected chi connectivity index (χ2v) is 5.55. The number of hydrogen-bond donors (Lipinski definition) is 1. The Balaban J connectivity index is 2.05. The molecule has 0 radical (unpaired) electrons. The first kappa shape index (κ1) is 18.6. The van der Waals surface area contributed by atoms with Crippen LogP contribution < -0.4 is 14.8 Å². The van der Waals surface area contributed by atoms with Gasteiger partial charge in [0.1, 0.15) is 11.5 Å². The van der Waals surface area contributed by atoms with Crippen LogP contribution >= 0.6 is 11.6 Å². The Morgan fingerprint density at radius 3 is 2.52 bits per heavy atom. The third-order valence-corrected chi connectivity index (χ3v) is 3.61. The standard InChI is InChI=1S/C18H18ClNO5/c1-11(25-18(22)12-5-4-6-14(9-12)23-2)17(21)20-15-10-13(19)7-8-16(15)24-3/h4-11H,1-3H3,(H,20,21). The van der Waals surface area contributed by atoms with Crippen LogP contribution in [0.1, 0.15) is 17.3 Å². The van der Waals surface area contributed by atoms with Crippen molar-refractivity contribution in [1.29, 1.82) is 0 Å². The van der Waals surface area contributed by atoms with Gasteiger partial charge < -0.3 is 19.5 Å². The molecule has 1 atom stereocenters. The average molecular weight is 364 g/mol. The molecular formula is C18H18ClNO5. The lowest BCUT2D eigenvalue weighted by Crippen LogP contribution is -2.30. The van der Waals surface area contributed by atoms with Gasteiger partial charge >= 0.3 is 5.97 Å². The van der Waals surface area contributed by atoms with E-state index in [-0.39, 0.29) is 0 Å². The predicted molar refractivity (Wildman–Crippen MR) is 94.5 cm³/mol. The lowest BCUT2D eigenvalue weighted by Gasteiger charge is -2.15. The maximum Gasteiger partial charge on any atom is 0.339 e. The average Bonchev–Trinajstić information content (AvgIpc) is 2.61. The maximum atomic E-state index is 12.3. The highest BCUT2D eigenvalue weighted by Gasteiger charge is 2.20. The van der Waals surface area contributed by atoms with Gasteiger partial charge in [-0.3, -0.25) is 4.79 Å². The summed E-state index contributed by atoms with van der Waals surface area (Å²) in [6, 6.07) is 11.3. The number of rotatable bonds is 6. The number of esters is 1. The van der Waals surface area contributed by atoms with Gasteiger partial charge in [0.05, 0.1) is 25.5 Å². The van der Waals surface area contributed by atoms with Crippen LogP contribution in [0.25, 0.3) is 0 Å². The van der Waals surface area contributed by atoms with Crippen molar-refractivity contribution in [3.05, 3.63) is 53.1 Å². The Morgan fingerprint density at radius 2 is 1.84 bits per heavy atom. The molecule has 0 aliphatic carbocycles. The van der Waals surface area contributed by atoms with Gasteiger partial charge in [0, 0.05) is 5.02 Å². The molecule has 2 aromatic rings. The minimum Gasteiger partial charge on any atom is -0.497 e. The van der Waals surface area contributed by atoms with E-state index < -0.39 is 18.0 Å². The number of benzene rings is 2. The van der Waals surface area contributed by atoms with E-state index in [1.54, 1.807) is 36.4 Å². The molecule has 0 aliphatic rings. The highest BCUT2D eigenvalue weighted by Crippen LogP contribution is 2.27. The summed E-state index contributed by atoms with van der Waals surface area (Å²) >= 11 is 5.93. The van der Waals surface area contributed by atoms with Crippen LogP contribution in [-0.2, 0) is 9.53 Å². The number of halogens is 1. The third-order valence-electron chi connectivity index (χ3n) is 3.38. The maximum absolute atomic E-state index is 12.3. The van der Waals surface area contributed by atoms with Gasteiger partial charge in [-0.2, -0.15) is 0 Å². The van der Waals surface area contributed by atoms with Crippen molar-refractivity contribution in [2.75, 3.05) is 19.5 Å². The van der Waals surface area contributed by atoms with Crippen molar-refractivity contribution < 1.29 is 23.8 Å². The molecule has 25 heavy (non-hydrogen) atoms. The molecule has 2 rings (SSSR count). The normalized spacial score (nSPS) is 11.4. The molecule has 0 saturated heterocycles. The highest BCUT2D eigenvalue weighted by atomic mass is 35.5. The fourth-order valence-electron chi connectivity index (χ4n) is 2.04. The van der Waals surface area contributed by atoms with Gasteiger partial charge in [-0.25, -0.2) is 4.79 Å². The van der Waals surface area contributed by atoms with E-state index in [0.717, 1.165) is 0 Å². The summed E-state index contributed by atoms with van der Waals surface area (Å²) in [6.07, 6.45) is -1.01. The zero-order valence-corrected chi connectivity index (χ0v) is 14.8. The Hall–Kier alpha value is -2.73. The monoisotopic (exact) mass is 363 g/mol. The van der Waals surface area contributed by atoms with Crippen LogP contribution in [0.5, 0.6) is 11.5 Å². The SMILES string of the molecule is COc1cccc(C(=O)OC(C)C(=O)Nc2cc(Cl)ccc2OC)c1. The summed E-state index contributed by atoms with van der Waals surface area (Å²) in [5, 5.41) is 3.07. The highest BCUT2D eigenvalue weighted by molar-refractivity contribution is 6.31. The van der Waals surface area contributed by atoms with Crippen molar-refractivity contribution in [1.82, 2.24) is 0 Å². The van der Waals surface area contributed by atoms with Crippen LogP contribution in [0, 0.1) is 0 Å². The van der Waals surface area contributed by atoms with Gasteiger partial charge in [0.25, 0.3) is 5.91 Å². The number of carbonyl (C=O) groups is 2. The second kappa shape index (κ2) is 8.39. The molecule has 0 bridgehead atoms. The summed E-state index contributed by atoms with van der Waals surface area (Å²) < 4.78 is 15.4. The molecule has 6 nitrogen and oxygen atoms in total. The Morgan fingerprint density at radius 1 is 1.08 bits per heavy atom. The number of methoxy groups -OCH3 is 2. The summed E-state index contributed by atoms with van der Waals surface area (Å²) in [5.41, 5.74) is 0.684. The summed E-state index contributed by atoms with van der Waals surface area (Å²) in [6.45, 7) is 1.48. The van der Waals surface area contributed by atoms with Gasteiger partial charge in [-0.05, 0) is 43.3 Å². The summed E-state index contributed by atoms with van der Waals surface area (Å²) in [5.74, 6) is -0.157. The van der Waals surface area contributed by atoms with Crippen LogP contribution in [0.4, 0.5) is 5.69 Å². The van der Waals surface area contributed by atoms with Crippen molar-refractivity contribution in [3.63, 3.8) is 0 Å². The van der Waals surface area contributed by atoms with Crippen molar-refractivity contribution in [3.8, 4) is 11.5 Å². The Bertz CT molecular complexity index is 778. The molecule has 0 heterocycles. The molecular weight excluding hydrogens is 346 g/mol. The van der Waals surface area contributed by atoms with Crippen LogP contribution in [0.15, 0.2) is 42.5 Å². The number of ether oxygens (including phenoxy) is 3. The lowest BCUT2D eigenvalue weighted by atomic mass is 10.2. The van der Waals surface area contributed by atoms with E-state index in [1.165, 1.54) is 27.2 Å². The third kappa shape index (κ3) is 4.87. The largest absolute Gasteiger partial charge is 0.497 e. The van der Waals surface area contributed by atoms with Crippen molar-refractivity contribution >= 4 is 29.2 Å². The quantitative estimate of drug-likeness (QED) is 0.794. The lowest BCUT2D eigenvalue weighted by molar-refractivity contribution is -0.123. The van der Waals surface area contributed by atoms with E-state index in [4.69, 9.17) is 25.8 Å². The molecule has 1 N–H and O–H groups in total.